The lowest BCUT2D eigenvalue weighted by atomic mass is 10.0. The average Bonchev–Trinajstić information content (AvgIpc) is 2.62. The first-order chi connectivity index (χ1) is 12.1. The molecule has 1 aliphatic heterocycles. The van der Waals surface area contributed by atoms with Crippen LogP contribution in [0.4, 0.5) is 0 Å². The first kappa shape index (κ1) is 20.3. The molecule has 1 N–H and O–H groups in total. The number of nitrogens with zero attached hydrogens (tertiary/aromatic N) is 1. The van der Waals surface area contributed by atoms with E-state index in [9.17, 15) is 4.79 Å². The normalized spacial score (nSPS) is 17.6. The van der Waals surface area contributed by atoms with Gasteiger partial charge in [0, 0.05) is 24.9 Å². The molecule has 0 spiro atoms. The number of thioether (sulfide) groups is 1. The van der Waals surface area contributed by atoms with Crippen molar-refractivity contribution in [1.82, 2.24) is 10.2 Å². The Bertz CT molecular complexity index is 498. The molecular formula is C21H34N2OS. The molecule has 0 bridgehead atoms. The number of benzene rings is 1. The Labute approximate surface area is 157 Å². The molecule has 1 aliphatic rings. The van der Waals surface area contributed by atoms with Crippen molar-refractivity contribution in [3.8, 4) is 0 Å². The quantitative estimate of drug-likeness (QED) is 0.710. The molecule has 0 radical (unpaired) electrons. The summed E-state index contributed by atoms with van der Waals surface area (Å²) in [4.78, 5) is 15.3. The molecule has 1 aromatic carbocycles. The summed E-state index contributed by atoms with van der Waals surface area (Å²) in [7, 11) is 0. The SMILES string of the molecule is CCCCN1CCC(NC(=O)C(SCc2ccccc2)C(C)C)CC1. The van der Waals surface area contributed by atoms with Gasteiger partial charge in [-0.3, -0.25) is 4.79 Å². The van der Waals surface area contributed by atoms with Crippen molar-refractivity contribution in [1.29, 1.82) is 0 Å². The van der Waals surface area contributed by atoms with Crippen LogP contribution in [0.2, 0.25) is 0 Å². The molecule has 25 heavy (non-hydrogen) atoms. The lowest BCUT2D eigenvalue weighted by Crippen LogP contribution is -2.48. The Morgan fingerprint density at radius 3 is 2.52 bits per heavy atom. The van der Waals surface area contributed by atoms with Crippen molar-refractivity contribution < 1.29 is 4.79 Å². The molecule has 3 nitrogen and oxygen atoms in total. The third kappa shape index (κ3) is 7.02. The molecule has 1 aromatic rings. The van der Waals surface area contributed by atoms with Crippen LogP contribution in [0, 0.1) is 5.92 Å². The number of hydrogen-bond donors (Lipinski definition) is 1. The topological polar surface area (TPSA) is 32.3 Å². The molecule has 1 heterocycles. The maximum absolute atomic E-state index is 12.8. The van der Waals surface area contributed by atoms with E-state index in [0.717, 1.165) is 31.7 Å². The van der Waals surface area contributed by atoms with Gasteiger partial charge in [-0.1, -0.05) is 57.5 Å². The summed E-state index contributed by atoms with van der Waals surface area (Å²) in [6, 6.07) is 10.8. The van der Waals surface area contributed by atoms with E-state index in [1.807, 2.05) is 6.07 Å². The summed E-state index contributed by atoms with van der Waals surface area (Å²) in [6.07, 6.45) is 4.71. The Morgan fingerprint density at radius 1 is 1.24 bits per heavy atom. The van der Waals surface area contributed by atoms with Crippen LogP contribution in [-0.2, 0) is 10.5 Å². The minimum atomic E-state index is 0.0262. The van der Waals surface area contributed by atoms with Gasteiger partial charge in [-0.05, 0) is 37.3 Å². The van der Waals surface area contributed by atoms with E-state index in [2.05, 4.69) is 55.3 Å². The fraction of sp³-hybridized carbons (Fsp3) is 0.667. The maximum Gasteiger partial charge on any atom is 0.233 e. The van der Waals surface area contributed by atoms with Gasteiger partial charge in [-0.25, -0.2) is 0 Å². The van der Waals surface area contributed by atoms with Gasteiger partial charge in [0.05, 0.1) is 5.25 Å². The largest absolute Gasteiger partial charge is 0.352 e. The lowest BCUT2D eigenvalue weighted by molar-refractivity contribution is -0.122. The highest BCUT2D eigenvalue weighted by molar-refractivity contribution is 7.99. The number of carbonyl (C=O) groups is 1. The van der Waals surface area contributed by atoms with Gasteiger partial charge in [-0.2, -0.15) is 0 Å². The van der Waals surface area contributed by atoms with Crippen molar-refractivity contribution >= 4 is 17.7 Å². The third-order valence-electron chi connectivity index (χ3n) is 4.90. The summed E-state index contributed by atoms with van der Waals surface area (Å²) < 4.78 is 0. The molecule has 4 heteroatoms. The van der Waals surface area contributed by atoms with Crippen LogP contribution >= 0.6 is 11.8 Å². The van der Waals surface area contributed by atoms with E-state index < -0.39 is 0 Å². The van der Waals surface area contributed by atoms with Crippen LogP contribution < -0.4 is 5.32 Å². The fourth-order valence-corrected chi connectivity index (χ4v) is 4.47. The number of carbonyl (C=O) groups excluding carboxylic acids is 1. The molecular weight excluding hydrogens is 328 g/mol. The predicted molar refractivity (Wildman–Crippen MR) is 109 cm³/mol. The standard InChI is InChI=1S/C21H34N2OS/c1-4-5-13-23-14-11-19(12-15-23)22-21(24)20(17(2)3)25-16-18-9-7-6-8-10-18/h6-10,17,19-20H,4-5,11-16H2,1-3H3,(H,22,24). The summed E-state index contributed by atoms with van der Waals surface area (Å²) in [5.41, 5.74) is 1.29. The van der Waals surface area contributed by atoms with Gasteiger partial charge in [0.15, 0.2) is 0 Å². The van der Waals surface area contributed by atoms with Crippen molar-refractivity contribution in [3.05, 3.63) is 35.9 Å². The molecule has 0 aliphatic carbocycles. The molecule has 0 saturated carbocycles. The number of rotatable bonds is 9. The third-order valence-corrected chi connectivity index (χ3v) is 6.52. The zero-order valence-corrected chi connectivity index (χ0v) is 16.9. The van der Waals surface area contributed by atoms with Gasteiger partial charge >= 0.3 is 0 Å². The molecule has 1 saturated heterocycles. The fourth-order valence-electron chi connectivity index (χ4n) is 3.30. The highest BCUT2D eigenvalue weighted by Crippen LogP contribution is 2.24. The second-order valence-electron chi connectivity index (χ2n) is 7.44. The maximum atomic E-state index is 12.8. The predicted octanol–water partition coefficient (Wildman–Crippen LogP) is 4.33. The van der Waals surface area contributed by atoms with Crippen molar-refractivity contribution in [2.45, 2.75) is 63.5 Å². The van der Waals surface area contributed by atoms with Crippen molar-refractivity contribution in [2.75, 3.05) is 19.6 Å². The summed E-state index contributed by atoms with van der Waals surface area (Å²) in [5, 5.41) is 3.35. The summed E-state index contributed by atoms with van der Waals surface area (Å²) >= 11 is 1.77. The van der Waals surface area contributed by atoms with Gasteiger partial charge < -0.3 is 10.2 Å². The van der Waals surface area contributed by atoms with Crippen LogP contribution in [0.3, 0.4) is 0 Å². The van der Waals surface area contributed by atoms with Crippen LogP contribution in [0.1, 0.15) is 52.0 Å². The van der Waals surface area contributed by atoms with E-state index in [1.54, 1.807) is 11.8 Å². The summed E-state index contributed by atoms with van der Waals surface area (Å²) in [5.74, 6) is 1.47. The van der Waals surface area contributed by atoms with Crippen LogP contribution in [0.25, 0.3) is 0 Å². The first-order valence-corrected chi connectivity index (χ1v) is 10.8. The van der Waals surface area contributed by atoms with E-state index >= 15 is 0 Å². The Balaban J connectivity index is 1.78. The second-order valence-corrected chi connectivity index (χ2v) is 8.57. The number of hydrogen-bond acceptors (Lipinski definition) is 3. The van der Waals surface area contributed by atoms with E-state index in [1.165, 1.54) is 24.9 Å². The Kier molecular flexibility index (Phi) is 8.83. The smallest absolute Gasteiger partial charge is 0.233 e. The Hall–Kier alpha value is -1.00. The number of nitrogens with one attached hydrogen (secondary N) is 1. The molecule has 140 valence electrons. The zero-order chi connectivity index (χ0) is 18.1. The molecule has 0 aromatic heterocycles. The van der Waals surface area contributed by atoms with E-state index in [-0.39, 0.29) is 11.2 Å². The van der Waals surface area contributed by atoms with Crippen molar-refractivity contribution in [2.24, 2.45) is 5.92 Å². The highest BCUT2D eigenvalue weighted by Gasteiger charge is 2.26. The molecule has 1 unspecified atom stereocenters. The number of amides is 1. The van der Waals surface area contributed by atoms with Crippen LogP contribution in [0.5, 0.6) is 0 Å². The van der Waals surface area contributed by atoms with E-state index in [0.29, 0.717) is 12.0 Å². The highest BCUT2D eigenvalue weighted by atomic mass is 32.2. The monoisotopic (exact) mass is 362 g/mol. The number of likely N-dealkylation sites (tertiary alicyclic amines) is 1. The van der Waals surface area contributed by atoms with E-state index in [4.69, 9.17) is 0 Å². The lowest BCUT2D eigenvalue weighted by Gasteiger charge is -2.33. The number of unbranched alkanes of at least 4 members (excludes halogenated alkanes) is 1. The van der Waals surface area contributed by atoms with Gasteiger partial charge in [0.25, 0.3) is 0 Å². The Morgan fingerprint density at radius 2 is 1.92 bits per heavy atom. The second kappa shape index (κ2) is 10.9. The molecule has 2 rings (SSSR count). The molecule has 1 amide bonds. The first-order valence-electron chi connectivity index (χ1n) is 9.78. The minimum Gasteiger partial charge on any atom is -0.352 e. The summed E-state index contributed by atoms with van der Waals surface area (Å²) in [6.45, 7) is 9.99. The minimum absolute atomic E-state index is 0.0262. The van der Waals surface area contributed by atoms with Gasteiger partial charge in [-0.15, -0.1) is 11.8 Å². The van der Waals surface area contributed by atoms with Gasteiger partial charge in [0.1, 0.15) is 0 Å². The zero-order valence-electron chi connectivity index (χ0n) is 16.0. The van der Waals surface area contributed by atoms with Crippen molar-refractivity contribution in [3.63, 3.8) is 0 Å². The number of piperidine rings is 1. The van der Waals surface area contributed by atoms with Crippen LogP contribution in [-0.4, -0.2) is 41.7 Å². The van der Waals surface area contributed by atoms with Gasteiger partial charge in [0.2, 0.25) is 5.91 Å². The average molecular weight is 363 g/mol. The molecule has 1 fully saturated rings. The van der Waals surface area contributed by atoms with Crippen LogP contribution in [0.15, 0.2) is 30.3 Å². The molecule has 1 atom stereocenters.